The van der Waals surface area contributed by atoms with Crippen LogP contribution in [0.5, 0.6) is 0 Å². The molecule has 6 heteroatoms. The molecular formula is C26H37O5P. The summed E-state index contributed by atoms with van der Waals surface area (Å²) in [6.07, 6.45) is 12.8. The third-order valence-electron chi connectivity index (χ3n) is 3.82. The molecule has 0 radical (unpaired) electrons. The SMILES string of the molecule is CC#CC#CC#CC#CC#CC.CCCCCCCCCCCCOCCOP(=O)(O)O. The largest absolute Gasteiger partial charge is 0.469 e. The Hall–Kier alpha value is -2.13. The van der Waals surface area contributed by atoms with Gasteiger partial charge < -0.3 is 14.5 Å². The van der Waals surface area contributed by atoms with Crippen LogP contribution in [0.2, 0.25) is 0 Å². The Labute approximate surface area is 195 Å². The minimum Gasteiger partial charge on any atom is -0.379 e. The Kier molecular flexibility index (Phi) is 26.9. The zero-order valence-electron chi connectivity index (χ0n) is 19.8. The van der Waals surface area contributed by atoms with Crippen LogP contribution in [-0.2, 0) is 13.8 Å². The van der Waals surface area contributed by atoms with Gasteiger partial charge in [0.1, 0.15) is 0 Å². The van der Waals surface area contributed by atoms with Crippen molar-refractivity contribution in [1.29, 1.82) is 0 Å². The van der Waals surface area contributed by atoms with Crippen molar-refractivity contribution >= 4 is 7.82 Å². The second-order valence-electron chi connectivity index (χ2n) is 6.62. The van der Waals surface area contributed by atoms with Crippen molar-refractivity contribution in [3.63, 3.8) is 0 Å². The number of phosphoric acid groups is 1. The molecule has 0 fully saturated rings. The molecule has 0 saturated carbocycles. The smallest absolute Gasteiger partial charge is 0.379 e. The van der Waals surface area contributed by atoms with Crippen molar-refractivity contribution in [2.75, 3.05) is 19.8 Å². The zero-order chi connectivity index (χ0) is 24.2. The third-order valence-corrected chi connectivity index (χ3v) is 4.34. The molecule has 0 atom stereocenters. The van der Waals surface area contributed by atoms with E-state index in [2.05, 4.69) is 70.7 Å². The standard InChI is InChI=1S/C14H31O5P.C12H6/c1-2-3-4-5-6-7-8-9-10-11-12-18-13-14-19-20(15,16)17;1-3-5-7-9-11-12-10-8-6-4-2/h2-14H2,1H3,(H2,15,16,17);1-2H3. The van der Waals surface area contributed by atoms with Gasteiger partial charge in [-0.05, 0) is 67.6 Å². The molecule has 0 spiro atoms. The summed E-state index contributed by atoms with van der Waals surface area (Å²) in [5.41, 5.74) is 0. The van der Waals surface area contributed by atoms with Crippen LogP contribution in [0.1, 0.15) is 85.0 Å². The molecule has 0 heterocycles. The molecule has 0 aliphatic rings. The number of unbranched alkanes of at least 4 members (excludes halogenated alkanes) is 9. The van der Waals surface area contributed by atoms with Gasteiger partial charge in [0, 0.05) is 6.61 Å². The lowest BCUT2D eigenvalue weighted by Gasteiger charge is -2.06. The van der Waals surface area contributed by atoms with E-state index in [1.807, 2.05) is 0 Å². The van der Waals surface area contributed by atoms with Gasteiger partial charge in [-0.3, -0.25) is 4.52 Å². The summed E-state index contributed by atoms with van der Waals surface area (Å²) in [4.78, 5) is 16.9. The first-order chi connectivity index (χ1) is 15.5. The van der Waals surface area contributed by atoms with E-state index in [-0.39, 0.29) is 13.2 Å². The van der Waals surface area contributed by atoms with E-state index in [9.17, 15) is 4.57 Å². The van der Waals surface area contributed by atoms with Gasteiger partial charge in [0.25, 0.3) is 0 Å². The Morgan fingerprint density at radius 1 is 0.594 bits per heavy atom. The highest BCUT2D eigenvalue weighted by molar-refractivity contribution is 7.46. The molecule has 5 nitrogen and oxygen atoms in total. The minimum atomic E-state index is -4.33. The Balaban J connectivity index is 0. The topological polar surface area (TPSA) is 76.0 Å². The summed E-state index contributed by atoms with van der Waals surface area (Å²) in [5, 5.41) is 0. The molecule has 2 N–H and O–H groups in total. The van der Waals surface area contributed by atoms with Crippen LogP contribution in [0.3, 0.4) is 0 Å². The lowest BCUT2D eigenvalue weighted by atomic mass is 10.1. The molecule has 0 aromatic rings. The zero-order valence-corrected chi connectivity index (χ0v) is 20.7. The molecule has 0 bridgehead atoms. The van der Waals surface area contributed by atoms with Crippen molar-refractivity contribution in [2.24, 2.45) is 0 Å². The Morgan fingerprint density at radius 2 is 1.00 bits per heavy atom. The number of ether oxygens (including phenoxy) is 1. The molecule has 0 aromatic carbocycles. The van der Waals surface area contributed by atoms with Gasteiger partial charge in [0.05, 0.1) is 13.2 Å². The highest BCUT2D eigenvalue weighted by Gasteiger charge is 2.12. The maximum Gasteiger partial charge on any atom is 0.469 e. The fourth-order valence-corrected chi connectivity index (χ4v) is 2.63. The van der Waals surface area contributed by atoms with Gasteiger partial charge in [-0.25, -0.2) is 4.57 Å². The number of rotatable bonds is 15. The van der Waals surface area contributed by atoms with Gasteiger partial charge in [0.2, 0.25) is 0 Å². The maximum atomic E-state index is 10.4. The molecule has 0 saturated heterocycles. The van der Waals surface area contributed by atoms with Gasteiger partial charge in [-0.2, -0.15) is 0 Å². The van der Waals surface area contributed by atoms with Crippen LogP contribution in [0.25, 0.3) is 0 Å². The quantitative estimate of drug-likeness (QED) is 0.203. The first kappa shape index (κ1) is 32.1. The molecular weight excluding hydrogens is 423 g/mol. The highest BCUT2D eigenvalue weighted by atomic mass is 31.2. The van der Waals surface area contributed by atoms with Crippen LogP contribution in [0.15, 0.2) is 0 Å². The van der Waals surface area contributed by atoms with Crippen molar-refractivity contribution < 1.29 is 23.6 Å². The van der Waals surface area contributed by atoms with Crippen molar-refractivity contribution in [1.82, 2.24) is 0 Å². The third kappa shape index (κ3) is 35.3. The lowest BCUT2D eigenvalue weighted by molar-refractivity contribution is 0.0831. The summed E-state index contributed by atoms with van der Waals surface area (Å²) in [7, 11) is -4.33. The first-order valence-corrected chi connectivity index (χ1v) is 12.6. The van der Waals surface area contributed by atoms with E-state index in [0.29, 0.717) is 6.61 Å². The van der Waals surface area contributed by atoms with Crippen molar-refractivity contribution in [2.45, 2.75) is 85.0 Å². The van der Waals surface area contributed by atoms with Crippen molar-refractivity contribution in [3.05, 3.63) is 0 Å². The van der Waals surface area contributed by atoms with Crippen LogP contribution < -0.4 is 0 Å². The lowest BCUT2D eigenvalue weighted by Crippen LogP contribution is -2.04. The monoisotopic (exact) mass is 460 g/mol. The van der Waals surface area contributed by atoms with Crippen LogP contribution in [0.4, 0.5) is 0 Å². The maximum absolute atomic E-state index is 10.4. The molecule has 0 unspecified atom stereocenters. The normalized spacial score (nSPS) is 8.91. The molecule has 0 aromatic heterocycles. The van der Waals surface area contributed by atoms with E-state index in [1.54, 1.807) is 13.8 Å². The van der Waals surface area contributed by atoms with Crippen molar-refractivity contribution in [3.8, 4) is 59.2 Å². The fourth-order valence-electron chi connectivity index (χ4n) is 2.32. The first-order valence-electron chi connectivity index (χ1n) is 11.1. The van der Waals surface area contributed by atoms with E-state index >= 15 is 0 Å². The summed E-state index contributed by atoms with van der Waals surface area (Å²) < 4.78 is 19.9. The van der Waals surface area contributed by atoms with Gasteiger partial charge in [0.15, 0.2) is 0 Å². The second-order valence-corrected chi connectivity index (χ2v) is 7.86. The predicted octanol–water partition coefficient (Wildman–Crippen LogP) is 5.08. The van der Waals surface area contributed by atoms with Crippen LogP contribution in [-0.4, -0.2) is 29.6 Å². The molecule has 0 amide bonds. The number of hydrogen-bond acceptors (Lipinski definition) is 3. The Morgan fingerprint density at radius 3 is 1.41 bits per heavy atom. The van der Waals surface area contributed by atoms with Gasteiger partial charge in [-0.1, -0.05) is 76.6 Å². The number of phosphoric ester groups is 1. The van der Waals surface area contributed by atoms with E-state index in [0.717, 1.165) is 12.8 Å². The molecule has 0 rings (SSSR count). The van der Waals surface area contributed by atoms with E-state index in [1.165, 1.54) is 51.4 Å². The average Bonchev–Trinajstić information content (AvgIpc) is 2.75. The fraction of sp³-hybridized carbons (Fsp3) is 0.615. The highest BCUT2D eigenvalue weighted by Crippen LogP contribution is 2.35. The minimum absolute atomic E-state index is 0.0535. The van der Waals surface area contributed by atoms with Crippen LogP contribution in [0, 0.1) is 59.2 Å². The Bertz CT molecular complexity index is 759. The summed E-state index contributed by atoms with van der Waals surface area (Å²) in [6, 6.07) is 0. The van der Waals surface area contributed by atoms with Gasteiger partial charge in [-0.15, -0.1) is 0 Å². The van der Waals surface area contributed by atoms with E-state index < -0.39 is 7.82 Å². The predicted molar refractivity (Wildman–Crippen MR) is 131 cm³/mol. The number of hydrogen-bond donors (Lipinski definition) is 2. The molecule has 32 heavy (non-hydrogen) atoms. The second kappa shape index (κ2) is 26.9. The summed E-state index contributed by atoms with van der Waals surface area (Å²) in [6.45, 7) is 6.50. The molecule has 176 valence electrons. The average molecular weight is 461 g/mol. The molecule has 0 aliphatic carbocycles. The molecule has 0 aliphatic heterocycles. The van der Waals surface area contributed by atoms with Gasteiger partial charge >= 0.3 is 7.82 Å². The summed E-state index contributed by atoms with van der Waals surface area (Å²) >= 11 is 0. The van der Waals surface area contributed by atoms with Crippen LogP contribution >= 0.6 is 7.82 Å². The van der Waals surface area contributed by atoms with E-state index in [4.69, 9.17) is 14.5 Å². The summed E-state index contributed by atoms with van der Waals surface area (Å²) in [5.74, 6) is 25.6.